The number of nitriles is 1. The van der Waals surface area contributed by atoms with E-state index in [1.807, 2.05) is 38.1 Å². The van der Waals surface area contributed by atoms with Crippen LogP contribution in [0.2, 0.25) is 0 Å². The van der Waals surface area contributed by atoms with E-state index in [1.165, 1.54) is 6.33 Å². The van der Waals surface area contributed by atoms with Gasteiger partial charge in [-0.2, -0.15) is 15.0 Å². The minimum absolute atomic E-state index is 0.288. The van der Waals surface area contributed by atoms with Gasteiger partial charge in [0, 0.05) is 42.3 Å². The Morgan fingerprint density at radius 3 is 2.61 bits per heavy atom. The van der Waals surface area contributed by atoms with E-state index in [2.05, 4.69) is 42.1 Å². The quantitative estimate of drug-likeness (QED) is 0.351. The fraction of sp³-hybridized carbons (Fsp3) is 0.231. The molecule has 0 saturated carbocycles. The normalized spacial score (nSPS) is 11.0. The minimum atomic E-state index is -0.796. The number of carbonyl (C=O) groups excluding carboxylic acids is 1. The predicted molar refractivity (Wildman–Crippen MR) is 139 cm³/mol. The first kappa shape index (κ1) is 24.3. The highest BCUT2D eigenvalue weighted by Crippen LogP contribution is 2.27. The monoisotopic (exact) mass is 481 g/mol. The highest BCUT2D eigenvalue weighted by molar-refractivity contribution is 6.04. The first-order valence-electron chi connectivity index (χ1n) is 11.3. The van der Waals surface area contributed by atoms with E-state index in [0.29, 0.717) is 28.6 Å². The molecule has 0 aliphatic carbocycles. The third-order valence-electron chi connectivity index (χ3n) is 5.66. The van der Waals surface area contributed by atoms with Gasteiger partial charge in [-0.3, -0.25) is 9.78 Å². The molecular weight excluding hydrogens is 454 g/mol. The molecular formula is C26H27N9O. The fourth-order valence-corrected chi connectivity index (χ4v) is 3.51. The highest BCUT2D eigenvalue weighted by Gasteiger charge is 2.22. The molecule has 182 valence electrons. The van der Waals surface area contributed by atoms with Crippen molar-refractivity contribution in [1.82, 2.24) is 24.7 Å². The van der Waals surface area contributed by atoms with Crippen molar-refractivity contribution in [2.24, 2.45) is 0 Å². The van der Waals surface area contributed by atoms with Gasteiger partial charge in [0.05, 0.1) is 22.9 Å². The molecule has 3 aromatic heterocycles. The highest BCUT2D eigenvalue weighted by atomic mass is 16.1. The first-order valence-corrected chi connectivity index (χ1v) is 11.3. The number of nitrogens with zero attached hydrogens (tertiary/aromatic N) is 6. The number of anilines is 4. The Kier molecular flexibility index (Phi) is 6.65. The number of rotatable bonds is 7. The Morgan fingerprint density at radius 2 is 1.86 bits per heavy atom. The van der Waals surface area contributed by atoms with Gasteiger partial charge in [-0.15, -0.1) is 0 Å². The van der Waals surface area contributed by atoms with Crippen molar-refractivity contribution < 1.29 is 4.79 Å². The molecule has 0 atom stereocenters. The van der Waals surface area contributed by atoms with E-state index < -0.39 is 5.41 Å². The molecule has 4 aromatic rings. The van der Waals surface area contributed by atoms with E-state index in [1.54, 1.807) is 50.0 Å². The number of aryl methyl sites for hydroxylation is 2. The van der Waals surface area contributed by atoms with Crippen molar-refractivity contribution in [1.29, 1.82) is 5.26 Å². The zero-order valence-corrected chi connectivity index (χ0v) is 20.8. The summed E-state index contributed by atoms with van der Waals surface area (Å²) in [5, 5.41) is 23.3. The Morgan fingerprint density at radius 1 is 1.06 bits per heavy atom. The SMILES string of the molecule is CNc1cc(-n2nc(C)cc2Nc2cc(NC(=O)c3ccnc(C(C)(C)C#N)c3)ccc2C)ncn1. The summed E-state index contributed by atoms with van der Waals surface area (Å²) < 4.78 is 1.71. The lowest BCUT2D eigenvalue weighted by Gasteiger charge is -2.16. The average Bonchev–Trinajstić information content (AvgIpc) is 3.26. The van der Waals surface area contributed by atoms with Crippen LogP contribution in [-0.2, 0) is 5.41 Å². The summed E-state index contributed by atoms with van der Waals surface area (Å²) >= 11 is 0. The number of amides is 1. The Bertz CT molecular complexity index is 1470. The number of hydrogen-bond donors (Lipinski definition) is 3. The third-order valence-corrected chi connectivity index (χ3v) is 5.66. The van der Waals surface area contributed by atoms with Gasteiger partial charge in [0.1, 0.15) is 18.0 Å². The number of pyridine rings is 1. The van der Waals surface area contributed by atoms with Crippen LogP contribution in [-0.4, -0.2) is 37.7 Å². The van der Waals surface area contributed by atoms with Gasteiger partial charge in [0.25, 0.3) is 5.91 Å². The summed E-state index contributed by atoms with van der Waals surface area (Å²) in [5.74, 6) is 1.72. The molecule has 0 radical (unpaired) electrons. The van der Waals surface area contributed by atoms with Gasteiger partial charge in [0.15, 0.2) is 5.82 Å². The largest absolute Gasteiger partial charge is 0.373 e. The summed E-state index contributed by atoms with van der Waals surface area (Å²) in [5.41, 5.74) is 3.40. The average molecular weight is 482 g/mol. The molecule has 0 bridgehead atoms. The van der Waals surface area contributed by atoms with Gasteiger partial charge >= 0.3 is 0 Å². The molecule has 0 unspecified atom stereocenters. The number of hydrogen-bond acceptors (Lipinski definition) is 8. The summed E-state index contributed by atoms with van der Waals surface area (Å²) in [6.07, 6.45) is 3.02. The molecule has 1 amide bonds. The molecule has 0 saturated heterocycles. The number of nitrogens with one attached hydrogen (secondary N) is 3. The van der Waals surface area contributed by atoms with Crippen LogP contribution >= 0.6 is 0 Å². The second-order valence-electron chi connectivity index (χ2n) is 8.87. The molecule has 10 nitrogen and oxygen atoms in total. The van der Waals surface area contributed by atoms with Gasteiger partial charge in [0.2, 0.25) is 0 Å². The molecule has 0 spiro atoms. The molecule has 0 aliphatic heterocycles. The second kappa shape index (κ2) is 9.84. The van der Waals surface area contributed by atoms with E-state index in [-0.39, 0.29) is 5.91 Å². The van der Waals surface area contributed by atoms with Crippen LogP contribution < -0.4 is 16.0 Å². The predicted octanol–water partition coefficient (Wildman–Crippen LogP) is 4.51. The zero-order valence-electron chi connectivity index (χ0n) is 20.8. The second-order valence-corrected chi connectivity index (χ2v) is 8.87. The van der Waals surface area contributed by atoms with Crippen LogP contribution in [0, 0.1) is 25.2 Å². The van der Waals surface area contributed by atoms with E-state index in [9.17, 15) is 10.1 Å². The van der Waals surface area contributed by atoms with Crippen LogP contribution in [0.4, 0.5) is 23.0 Å². The molecule has 36 heavy (non-hydrogen) atoms. The minimum Gasteiger partial charge on any atom is -0.373 e. The van der Waals surface area contributed by atoms with Crippen LogP contribution in [0.5, 0.6) is 0 Å². The standard InChI is InChI=1S/C26H27N9O/c1-16-6-7-19(32-25(36)18-8-9-29-21(11-18)26(3,4)14-27)12-20(16)33-24-10-17(2)34-35(24)23-13-22(28-5)30-15-31-23/h6-13,15,33H,1-5H3,(H,32,36)(H,28,30,31). The topological polar surface area (TPSA) is 133 Å². The molecule has 3 heterocycles. The molecule has 0 aliphatic rings. The van der Waals surface area contributed by atoms with Gasteiger partial charge in [-0.25, -0.2) is 9.97 Å². The summed E-state index contributed by atoms with van der Waals surface area (Å²) in [4.78, 5) is 25.7. The molecule has 4 rings (SSSR count). The van der Waals surface area contributed by atoms with Crippen molar-refractivity contribution in [2.45, 2.75) is 33.1 Å². The molecule has 10 heteroatoms. The molecule has 3 N–H and O–H groups in total. The lowest BCUT2D eigenvalue weighted by atomic mass is 9.90. The van der Waals surface area contributed by atoms with Crippen molar-refractivity contribution in [3.63, 3.8) is 0 Å². The smallest absolute Gasteiger partial charge is 0.255 e. The van der Waals surface area contributed by atoms with Crippen molar-refractivity contribution >= 4 is 28.9 Å². The van der Waals surface area contributed by atoms with E-state index in [0.717, 1.165) is 22.8 Å². The Balaban J connectivity index is 1.59. The summed E-state index contributed by atoms with van der Waals surface area (Å²) in [6.45, 7) is 7.41. The summed E-state index contributed by atoms with van der Waals surface area (Å²) in [6, 6.07) is 14.8. The van der Waals surface area contributed by atoms with Crippen molar-refractivity contribution in [3.05, 3.63) is 77.5 Å². The van der Waals surface area contributed by atoms with Crippen LogP contribution in [0.3, 0.4) is 0 Å². The van der Waals surface area contributed by atoms with Crippen LogP contribution in [0.15, 0.2) is 55.0 Å². The van der Waals surface area contributed by atoms with E-state index >= 15 is 0 Å². The van der Waals surface area contributed by atoms with Crippen molar-refractivity contribution in [2.75, 3.05) is 23.0 Å². The van der Waals surface area contributed by atoms with Crippen molar-refractivity contribution in [3.8, 4) is 11.9 Å². The number of aromatic nitrogens is 5. The lowest BCUT2D eigenvalue weighted by Crippen LogP contribution is -2.18. The Hall–Kier alpha value is -4.78. The molecule has 1 aromatic carbocycles. The van der Waals surface area contributed by atoms with Gasteiger partial charge in [-0.1, -0.05) is 6.07 Å². The lowest BCUT2D eigenvalue weighted by molar-refractivity contribution is 0.102. The van der Waals surface area contributed by atoms with Crippen LogP contribution in [0.25, 0.3) is 5.82 Å². The number of benzene rings is 1. The third kappa shape index (κ3) is 5.15. The fourth-order valence-electron chi connectivity index (χ4n) is 3.51. The number of carbonyl (C=O) groups is 1. The molecule has 0 fully saturated rings. The first-order chi connectivity index (χ1) is 17.2. The van der Waals surface area contributed by atoms with Crippen LogP contribution in [0.1, 0.15) is 41.2 Å². The zero-order chi connectivity index (χ0) is 25.9. The van der Waals surface area contributed by atoms with Gasteiger partial charge < -0.3 is 16.0 Å². The maximum atomic E-state index is 13.0. The van der Waals surface area contributed by atoms with E-state index in [4.69, 9.17) is 0 Å². The summed E-state index contributed by atoms with van der Waals surface area (Å²) in [7, 11) is 1.79. The Labute approximate surface area is 209 Å². The van der Waals surface area contributed by atoms with Gasteiger partial charge in [-0.05, 0) is 57.5 Å². The maximum Gasteiger partial charge on any atom is 0.255 e. The maximum absolute atomic E-state index is 13.0.